The maximum Gasteiger partial charge on any atom is 0.287 e. The first-order valence-corrected chi connectivity index (χ1v) is 6.68. The molecule has 0 atom stereocenters. The number of hydrogen-bond donors (Lipinski definition) is 3. The molecular weight excluding hydrogens is 270 g/mol. The van der Waals surface area contributed by atoms with Crippen LogP contribution in [0, 0.1) is 0 Å². The molecule has 1 heterocycles. The van der Waals surface area contributed by atoms with Crippen LogP contribution in [0.15, 0.2) is 11.0 Å². The van der Waals surface area contributed by atoms with Crippen LogP contribution in [-0.4, -0.2) is 38.7 Å². The van der Waals surface area contributed by atoms with Gasteiger partial charge in [-0.15, -0.1) is 0 Å². The lowest BCUT2D eigenvalue weighted by Gasteiger charge is -2.26. The van der Waals surface area contributed by atoms with Gasteiger partial charge < -0.3 is 15.5 Å². The molecule has 0 aliphatic carbocycles. The Hall–Kier alpha value is -1.11. The summed E-state index contributed by atoms with van der Waals surface area (Å²) in [4.78, 5) is 11.8. The number of halogens is 1. The standard InChI is InChI=1S/C12H20ClN3O3/c1-3-12(19,4-2)8-14-9-7-15-16(5-6-17)11(18)10(9)13/h7,14,17,19H,3-6,8H2,1-2H3. The van der Waals surface area contributed by atoms with Gasteiger partial charge in [-0.3, -0.25) is 4.79 Å². The van der Waals surface area contributed by atoms with Crippen molar-refractivity contribution in [3.05, 3.63) is 21.6 Å². The lowest BCUT2D eigenvalue weighted by molar-refractivity contribution is 0.0457. The zero-order valence-electron chi connectivity index (χ0n) is 11.2. The van der Waals surface area contributed by atoms with Crippen LogP contribution in [0.2, 0.25) is 5.02 Å². The smallest absolute Gasteiger partial charge is 0.287 e. The molecule has 0 fully saturated rings. The van der Waals surface area contributed by atoms with Crippen LogP contribution in [-0.2, 0) is 6.54 Å². The summed E-state index contributed by atoms with van der Waals surface area (Å²) in [7, 11) is 0. The summed E-state index contributed by atoms with van der Waals surface area (Å²) < 4.78 is 1.10. The molecular formula is C12H20ClN3O3. The van der Waals surface area contributed by atoms with Crippen LogP contribution < -0.4 is 10.9 Å². The summed E-state index contributed by atoms with van der Waals surface area (Å²) in [5.74, 6) is 0. The van der Waals surface area contributed by atoms with E-state index in [4.69, 9.17) is 16.7 Å². The molecule has 0 aliphatic rings. The van der Waals surface area contributed by atoms with Crippen LogP contribution in [0.3, 0.4) is 0 Å². The van der Waals surface area contributed by atoms with Crippen molar-refractivity contribution in [3.8, 4) is 0 Å². The monoisotopic (exact) mass is 289 g/mol. The molecule has 3 N–H and O–H groups in total. The highest BCUT2D eigenvalue weighted by molar-refractivity contribution is 6.32. The minimum absolute atomic E-state index is 0.0120. The first-order chi connectivity index (χ1) is 8.97. The van der Waals surface area contributed by atoms with Crippen molar-refractivity contribution in [1.29, 1.82) is 0 Å². The highest BCUT2D eigenvalue weighted by atomic mass is 35.5. The van der Waals surface area contributed by atoms with Crippen molar-refractivity contribution in [2.75, 3.05) is 18.5 Å². The molecule has 7 heteroatoms. The SMILES string of the molecule is CCC(O)(CC)CNc1cnn(CCO)c(=O)c1Cl. The van der Waals surface area contributed by atoms with E-state index in [1.807, 2.05) is 13.8 Å². The largest absolute Gasteiger partial charge is 0.394 e. The van der Waals surface area contributed by atoms with Gasteiger partial charge in [0.25, 0.3) is 5.56 Å². The molecule has 0 saturated carbocycles. The van der Waals surface area contributed by atoms with E-state index in [0.29, 0.717) is 25.1 Å². The molecule has 0 spiro atoms. The predicted octanol–water partition coefficient (Wildman–Crippen LogP) is 0.852. The number of anilines is 1. The molecule has 6 nitrogen and oxygen atoms in total. The van der Waals surface area contributed by atoms with Gasteiger partial charge in [-0.25, -0.2) is 4.68 Å². The van der Waals surface area contributed by atoms with Crippen molar-refractivity contribution in [1.82, 2.24) is 9.78 Å². The van der Waals surface area contributed by atoms with Gasteiger partial charge in [-0.05, 0) is 12.8 Å². The highest BCUT2D eigenvalue weighted by Gasteiger charge is 2.22. The second kappa shape index (κ2) is 6.88. The summed E-state index contributed by atoms with van der Waals surface area (Å²) in [6, 6.07) is 0. The number of aliphatic hydroxyl groups excluding tert-OH is 1. The number of nitrogens with zero attached hydrogens (tertiary/aromatic N) is 2. The normalized spacial score (nSPS) is 11.6. The molecule has 0 aromatic carbocycles. The first kappa shape index (κ1) is 15.9. The maximum absolute atomic E-state index is 11.8. The van der Waals surface area contributed by atoms with Gasteiger partial charge in [0.2, 0.25) is 0 Å². The molecule has 0 aliphatic heterocycles. The molecule has 0 bridgehead atoms. The van der Waals surface area contributed by atoms with Crippen molar-refractivity contribution in [2.45, 2.75) is 38.8 Å². The Morgan fingerprint density at radius 3 is 2.63 bits per heavy atom. The number of hydrogen-bond acceptors (Lipinski definition) is 5. The summed E-state index contributed by atoms with van der Waals surface area (Å²) in [6.07, 6.45) is 2.62. The fraction of sp³-hybridized carbons (Fsp3) is 0.667. The molecule has 0 amide bonds. The van der Waals surface area contributed by atoms with E-state index < -0.39 is 11.2 Å². The zero-order valence-corrected chi connectivity index (χ0v) is 11.9. The summed E-state index contributed by atoms with van der Waals surface area (Å²) in [5, 5.41) is 25.8. The lowest BCUT2D eigenvalue weighted by atomic mass is 9.97. The Morgan fingerprint density at radius 2 is 2.11 bits per heavy atom. The molecule has 1 rings (SSSR count). The number of rotatable bonds is 7. The average Bonchev–Trinajstić information content (AvgIpc) is 2.43. The van der Waals surface area contributed by atoms with Crippen molar-refractivity contribution < 1.29 is 10.2 Å². The average molecular weight is 290 g/mol. The third-order valence-electron chi connectivity index (χ3n) is 3.22. The van der Waals surface area contributed by atoms with E-state index in [-0.39, 0.29) is 18.2 Å². The van der Waals surface area contributed by atoms with Crippen molar-refractivity contribution >= 4 is 17.3 Å². The number of aliphatic hydroxyl groups is 2. The van der Waals surface area contributed by atoms with Gasteiger partial charge in [-0.2, -0.15) is 5.10 Å². The van der Waals surface area contributed by atoms with E-state index in [0.717, 1.165) is 4.68 Å². The fourth-order valence-corrected chi connectivity index (χ4v) is 1.82. The van der Waals surface area contributed by atoms with E-state index in [1.165, 1.54) is 6.20 Å². The van der Waals surface area contributed by atoms with Crippen LogP contribution in [0.1, 0.15) is 26.7 Å². The highest BCUT2D eigenvalue weighted by Crippen LogP contribution is 2.19. The van der Waals surface area contributed by atoms with Gasteiger partial charge in [0.1, 0.15) is 5.02 Å². The third-order valence-corrected chi connectivity index (χ3v) is 3.59. The molecule has 0 saturated heterocycles. The number of nitrogens with one attached hydrogen (secondary N) is 1. The molecule has 0 unspecified atom stereocenters. The van der Waals surface area contributed by atoms with Gasteiger partial charge in [0, 0.05) is 6.54 Å². The zero-order chi connectivity index (χ0) is 14.5. The van der Waals surface area contributed by atoms with Crippen molar-refractivity contribution in [2.24, 2.45) is 0 Å². The molecule has 108 valence electrons. The van der Waals surface area contributed by atoms with Crippen LogP contribution in [0.25, 0.3) is 0 Å². The minimum Gasteiger partial charge on any atom is -0.394 e. The second-order valence-electron chi connectivity index (χ2n) is 4.41. The number of aromatic nitrogens is 2. The van der Waals surface area contributed by atoms with Gasteiger partial charge in [0.05, 0.1) is 30.6 Å². The Kier molecular flexibility index (Phi) is 5.78. The van der Waals surface area contributed by atoms with Gasteiger partial charge in [-0.1, -0.05) is 25.4 Å². The second-order valence-corrected chi connectivity index (χ2v) is 4.79. The third kappa shape index (κ3) is 3.92. The van der Waals surface area contributed by atoms with Gasteiger partial charge in [0.15, 0.2) is 0 Å². The Balaban J connectivity index is 2.86. The van der Waals surface area contributed by atoms with E-state index >= 15 is 0 Å². The topological polar surface area (TPSA) is 87.4 Å². The van der Waals surface area contributed by atoms with E-state index in [9.17, 15) is 9.90 Å². The Morgan fingerprint density at radius 1 is 1.47 bits per heavy atom. The molecule has 0 radical (unpaired) electrons. The predicted molar refractivity (Wildman–Crippen MR) is 74.6 cm³/mol. The minimum atomic E-state index is -0.830. The fourth-order valence-electron chi connectivity index (χ4n) is 1.60. The maximum atomic E-state index is 11.8. The Bertz CT molecular complexity index is 472. The van der Waals surface area contributed by atoms with Crippen LogP contribution in [0.4, 0.5) is 5.69 Å². The Labute approximate surface area is 117 Å². The van der Waals surface area contributed by atoms with E-state index in [1.54, 1.807) is 0 Å². The molecule has 1 aromatic rings. The van der Waals surface area contributed by atoms with Crippen LogP contribution >= 0.6 is 11.6 Å². The first-order valence-electron chi connectivity index (χ1n) is 6.30. The summed E-state index contributed by atoms with van der Waals surface area (Å²) in [6.45, 7) is 4.01. The quantitative estimate of drug-likeness (QED) is 0.693. The summed E-state index contributed by atoms with van der Waals surface area (Å²) in [5.41, 5.74) is -0.901. The molecule has 1 aromatic heterocycles. The van der Waals surface area contributed by atoms with E-state index in [2.05, 4.69) is 10.4 Å². The lowest BCUT2D eigenvalue weighted by Crippen LogP contribution is -2.36. The van der Waals surface area contributed by atoms with Gasteiger partial charge >= 0.3 is 0 Å². The van der Waals surface area contributed by atoms with Crippen molar-refractivity contribution in [3.63, 3.8) is 0 Å². The van der Waals surface area contributed by atoms with Crippen LogP contribution in [0.5, 0.6) is 0 Å². The molecule has 19 heavy (non-hydrogen) atoms. The summed E-state index contributed by atoms with van der Waals surface area (Å²) >= 11 is 5.95.